The molecule has 0 radical (unpaired) electrons. The Bertz CT molecular complexity index is 1320. The van der Waals surface area contributed by atoms with E-state index in [0.29, 0.717) is 6.42 Å². The molecule has 6 N–H and O–H groups in total. The molecule has 0 aliphatic carbocycles. The minimum absolute atomic E-state index is 0.207. The molecule has 0 bridgehead atoms. The highest BCUT2D eigenvalue weighted by Crippen LogP contribution is 2.23. The van der Waals surface area contributed by atoms with E-state index in [-0.39, 0.29) is 12.5 Å². The molecule has 1 amide bonds. The number of hydrogen-bond acceptors (Lipinski definition) is 8. The van der Waals surface area contributed by atoms with Gasteiger partial charge in [-0.25, -0.2) is 0 Å². The van der Waals surface area contributed by atoms with Gasteiger partial charge in [0.05, 0.1) is 25.4 Å². The maximum absolute atomic E-state index is 13.0. The van der Waals surface area contributed by atoms with Crippen LogP contribution in [0.1, 0.15) is 219 Å². The van der Waals surface area contributed by atoms with Crippen LogP contribution in [0.15, 0.2) is 85.1 Å². The molecule has 1 aliphatic heterocycles. The SMILES string of the molecule is CC/C=C\C/C=C\C/C=C\C/C=C\CCCCCCCCC(=O)NC(COC1OC(CO)C(O)C(O)C1O)C(O)/C=C/CC/C=C/CC/C=C/CCCCCCCCCCCCCCCCC. The predicted molar refractivity (Wildman–Crippen MR) is 281 cm³/mol. The van der Waals surface area contributed by atoms with Gasteiger partial charge in [-0.3, -0.25) is 4.79 Å². The average Bonchev–Trinajstić information content (AvgIpc) is 3.33. The van der Waals surface area contributed by atoms with Crippen molar-refractivity contribution in [3.05, 3.63) is 85.1 Å². The first-order valence-corrected chi connectivity index (χ1v) is 27.3. The molecular formula is C58H101NO8. The molecule has 9 nitrogen and oxygen atoms in total. The Hall–Kier alpha value is -2.63. The summed E-state index contributed by atoms with van der Waals surface area (Å²) in [5, 5.41) is 54.4. The highest BCUT2D eigenvalue weighted by atomic mass is 16.7. The van der Waals surface area contributed by atoms with Gasteiger partial charge >= 0.3 is 0 Å². The summed E-state index contributed by atoms with van der Waals surface area (Å²) in [5.74, 6) is -0.207. The quantitative estimate of drug-likeness (QED) is 0.0261. The molecule has 0 spiro atoms. The summed E-state index contributed by atoms with van der Waals surface area (Å²) < 4.78 is 11.2. The maximum atomic E-state index is 13.0. The third-order valence-electron chi connectivity index (χ3n) is 12.4. The van der Waals surface area contributed by atoms with E-state index in [1.165, 1.54) is 103 Å². The van der Waals surface area contributed by atoms with Gasteiger partial charge in [-0.1, -0.05) is 214 Å². The molecule has 9 heteroatoms. The van der Waals surface area contributed by atoms with Crippen LogP contribution in [0.5, 0.6) is 0 Å². The highest BCUT2D eigenvalue weighted by molar-refractivity contribution is 5.76. The highest BCUT2D eigenvalue weighted by Gasteiger charge is 2.44. The lowest BCUT2D eigenvalue weighted by Crippen LogP contribution is -2.60. The summed E-state index contributed by atoms with van der Waals surface area (Å²) >= 11 is 0. The van der Waals surface area contributed by atoms with Crippen molar-refractivity contribution in [3.8, 4) is 0 Å². The van der Waals surface area contributed by atoms with E-state index in [9.17, 15) is 30.3 Å². The van der Waals surface area contributed by atoms with Crippen molar-refractivity contribution in [1.29, 1.82) is 0 Å². The van der Waals surface area contributed by atoms with Crippen molar-refractivity contribution in [3.63, 3.8) is 0 Å². The smallest absolute Gasteiger partial charge is 0.220 e. The number of hydrogen-bond donors (Lipinski definition) is 6. The van der Waals surface area contributed by atoms with Crippen LogP contribution in [-0.4, -0.2) is 87.5 Å². The lowest BCUT2D eigenvalue weighted by atomic mass is 9.99. The third-order valence-corrected chi connectivity index (χ3v) is 12.4. The van der Waals surface area contributed by atoms with Crippen LogP contribution in [0.25, 0.3) is 0 Å². The van der Waals surface area contributed by atoms with E-state index in [2.05, 4.69) is 92.1 Å². The number of amides is 1. The summed E-state index contributed by atoms with van der Waals surface area (Å²) in [7, 11) is 0. The van der Waals surface area contributed by atoms with Gasteiger partial charge in [0.1, 0.15) is 24.4 Å². The normalized spacial score (nSPS) is 20.4. The molecule has 0 saturated carbocycles. The average molecular weight is 940 g/mol. The minimum atomic E-state index is -1.58. The van der Waals surface area contributed by atoms with Gasteiger partial charge in [0, 0.05) is 6.42 Å². The van der Waals surface area contributed by atoms with Crippen LogP contribution in [0.2, 0.25) is 0 Å². The van der Waals surface area contributed by atoms with Gasteiger partial charge in [0.15, 0.2) is 6.29 Å². The number of ether oxygens (including phenoxy) is 2. The van der Waals surface area contributed by atoms with Gasteiger partial charge in [-0.05, 0) is 83.5 Å². The Morgan fingerprint density at radius 3 is 1.43 bits per heavy atom. The number of aliphatic hydroxyl groups excluding tert-OH is 5. The van der Waals surface area contributed by atoms with Crippen LogP contribution < -0.4 is 5.32 Å². The summed E-state index contributed by atoms with van der Waals surface area (Å²) in [6.45, 7) is 3.64. The van der Waals surface area contributed by atoms with Crippen LogP contribution in [0.4, 0.5) is 0 Å². The first kappa shape index (κ1) is 62.4. The molecule has 0 aromatic rings. The number of rotatable bonds is 45. The molecule has 7 unspecified atom stereocenters. The van der Waals surface area contributed by atoms with Crippen LogP contribution >= 0.6 is 0 Å². The fourth-order valence-corrected chi connectivity index (χ4v) is 8.12. The second kappa shape index (κ2) is 47.1. The van der Waals surface area contributed by atoms with Crippen molar-refractivity contribution >= 4 is 5.91 Å². The minimum Gasteiger partial charge on any atom is -0.394 e. The predicted octanol–water partition coefficient (Wildman–Crippen LogP) is 13.1. The summed E-state index contributed by atoms with van der Waals surface area (Å²) in [6.07, 6.45) is 59.3. The van der Waals surface area contributed by atoms with E-state index < -0.39 is 49.5 Å². The molecule has 7 atom stereocenters. The molecule has 1 heterocycles. The monoisotopic (exact) mass is 940 g/mol. The Labute approximate surface area is 410 Å². The molecule has 1 aliphatic rings. The Morgan fingerprint density at radius 1 is 0.522 bits per heavy atom. The summed E-state index contributed by atoms with van der Waals surface area (Å²) in [5.41, 5.74) is 0. The van der Waals surface area contributed by atoms with Crippen LogP contribution in [-0.2, 0) is 14.3 Å². The van der Waals surface area contributed by atoms with Crippen molar-refractivity contribution in [2.75, 3.05) is 13.2 Å². The Morgan fingerprint density at radius 2 is 0.940 bits per heavy atom. The number of nitrogens with one attached hydrogen (secondary N) is 1. The van der Waals surface area contributed by atoms with Gasteiger partial charge in [0.2, 0.25) is 5.91 Å². The maximum Gasteiger partial charge on any atom is 0.220 e. The van der Waals surface area contributed by atoms with Crippen molar-refractivity contribution in [1.82, 2.24) is 5.32 Å². The zero-order valence-corrected chi connectivity index (χ0v) is 42.6. The van der Waals surface area contributed by atoms with Gasteiger partial charge in [-0.2, -0.15) is 0 Å². The summed E-state index contributed by atoms with van der Waals surface area (Å²) in [4.78, 5) is 13.0. The Kier molecular flexibility index (Phi) is 43.8. The number of carbonyl (C=O) groups excluding carboxylic acids is 1. The zero-order chi connectivity index (χ0) is 48.7. The number of aliphatic hydroxyl groups is 5. The molecule has 386 valence electrons. The van der Waals surface area contributed by atoms with Gasteiger partial charge < -0.3 is 40.3 Å². The fourth-order valence-electron chi connectivity index (χ4n) is 8.12. The van der Waals surface area contributed by atoms with Crippen molar-refractivity contribution < 1.29 is 39.8 Å². The van der Waals surface area contributed by atoms with E-state index in [4.69, 9.17) is 9.47 Å². The number of allylic oxidation sites excluding steroid dienone is 13. The lowest BCUT2D eigenvalue weighted by molar-refractivity contribution is -0.302. The van der Waals surface area contributed by atoms with E-state index >= 15 is 0 Å². The lowest BCUT2D eigenvalue weighted by Gasteiger charge is -2.40. The van der Waals surface area contributed by atoms with Gasteiger partial charge in [0.25, 0.3) is 0 Å². The molecule has 0 aromatic heterocycles. The largest absolute Gasteiger partial charge is 0.394 e. The number of unbranched alkanes of at least 4 members (excludes halogenated alkanes) is 23. The fraction of sp³-hybridized carbons (Fsp3) is 0.741. The van der Waals surface area contributed by atoms with E-state index in [1.807, 2.05) is 6.08 Å². The second-order valence-electron chi connectivity index (χ2n) is 18.6. The van der Waals surface area contributed by atoms with Crippen molar-refractivity contribution in [2.45, 2.75) is 262 Å². The Balaban J connectivity index is 2.32. The second-order valence-corrected chi connectivity index (χ2v) is 18.6. The molecule has 1 fully saturated rings. The first-order valence-electron chi connectivity index (χ1n) is 27.3. The third kappa shape index (κ3) is 36.9. The molecule has 0 aromatic carbocycles. The van der Waals surface area contributed by atoms with Crippen LogP contribution in [0.3, 0.4) is 0 Å². The van der Waals surface area contributed by atoms with Crippen LogP contribution in [0, 0.1) is 0 Å². The number of carbonyl (C=O) groups is 1. The summed E-state index contributed by atoms with van der Waals surface area (Å²) in [6, 6.07) is -0.841. The van der Waals surface area contributed by atoms with E-state index in [1.54, 1.807) is 6.08 Å². The zero-order valence-electron chi connectivity index (χ0n) is 42.6. The topological polar surface area (TPSA) is 149 Å². The standard InChI is InChI=1S/C58H101NO8/c1-3-5-7-9-11-13-15-17-19-21-23-24-25-26-27-28-30-31-33-35-37-39-41-43-45-47-52(61)51(50-66-58-57(65)56(64)55(63)53(49-60)67-58)59-54(62)48-46-44-42-40-38-36-34-32-29-22-20-18-16-14-12-10-8-6-4-2/h6,8,12,14,18,20,29-32,37,39,45,47,51-53,55-58,60-61,63-65H,3-5,7,9-11,13,15-17,19,21-28,33-36,38,40-44,46,48-50H2,1-2H3,(H,59,62)/b8-6-,14-12-,20-18-,31-30+,32-29-,39-37+,47-45+. The first-order chi connectivity index (χ1) is 32.8. The van der Waals surface area contributed by atoms with Gasteiger partial charge in [-0.15, -0.1) is 0 Å². The molecule has 1 rings (SSSR count). The molecular weight excluding hydrogens is 839 g/mol. The van der Waals surface area contributed by atoms with Crippen molar-refractivity contribution in [2.24, 2.45) is 0 Å². The molecule has 67 heavy (non-hydrogen) atoms. The molecule has 1 saturated heterocycles. The van der Waals surface area contributed by atoms with E-state index in [0.717, 1.165) is 96.3 Å².